The van der Waals surface area contributed by atoms with Gasteiger partial charge in [-0.25, -0.2) is 18.2 Å². The van der Waals surface area contributed by atoms with Gasteiger partial charge in [-0.2, -0.15) is 0 Å². The van der Waals surface area contributed by atoms with Gasteiger partial charge in [0.15, 0.2) is 9.84 Å². The first-order valence-electron chi connectivity index (χ1n) is 10.8. The molecule has 1 heterocycles. The molecule has 2 aromatic rings. The van der Waals surface area contributed by atoms with Crippen molar-refractivity contribution in [1.82, 2.24) is 0 Å². The summed E-state index contributed by atoms with van der Waals surface area (Å²) in [6, 6.07) is 18.6. The van der Waals surface area contributed by atoms with Crippen molar-refractivity contribution < 1.29 is 22.9 Å². The summed E-state index contributed by atoms with van der Waals surface area (Å²) < 4.78 is 32.0. The van der Waals surface area contributed by atoms with Crippen LogP contribution in [0.5, 0.6) is 0 Å². The highest BCUT2D eigenvalue weighted by molar-refractivity contribution is 7.91. The van der Waals surface area contributed by atoms with Gasteiger partial charge in [-0.1, -0.05) is 60.7 Å². The van der Waals surface area contributed by atoms with Crippen LogP contribution in [0.1, 0.15) is 38.7 Å². The molecule has 2 bridgehead atoms. The van der Waals surface area contributed by atoms with Gasteiger partial charge in [0.2, 0.25) is 0 Å². The van der Waals surface area contributed by atoms with Crippen LogP contribution in [0.15, 0.2) is 71.6 Å². The molecule has 0 N–H and O–H groups in total. The van der Waals surface area contributed by atoms with Crippen molar-refractivity contribution in [2.24, 2.45) is 5.92 Å². The molecule has 4 atom stereocenters. The number of hydrogen-bond donors (Lipinski definition) is 0. The van der Waals surface area contributed by atoms with Crippen LogP contribution >= 0.6 is 0 Å². The molecule has 2 aromatic carbocycles. The fourth-order valence-electron chi connectivity index (χ4n) is 4.56. The first-order chi connectivity index (χ1) is 14.8. The van der Waals surface area contributed by atoms with Crippen molar-refractivity contribution in [3.63, 3.8) is 0 Å². The number of hydrogen-bond acceptors (Lipinski definition) is 5. The Morgan fingerprint density at radius 3 is 2.45 bits per heavy atom. The second-order valence-electron chi connectivity index (χ2n) is 8.96. The molecule has 4 rings (SSSR count). The number of fused-ring (bicyclic) bond motifs is 2. The van der Waals surface area contributed by atoms with Crippen molar-refractivity contribution in [3.8, 4) is 0 Å². The molecule has 0 unspecified atom stereocenters. The molecular formula is C25H30O5S. The number of benzene rings is 2. The highest BCUT2D eigenvalue weighted by Crippen LogP contribution is 2.47. The molecular weight excluding hydrogens is 412 g/mol. The van der Waals surface area contributed by atoms with Gasteiger partial charge < -0.3 is 4.74 Å². The second kappa shape index (κ2) is 8.87. The molecule has 1 saturated heterocycles. The molecule has 5 nitrogen and oxygen atoms in total. The van der Waals surface area contributed by atoms with Gasteiger partial charge in [-0.15, -0.1) is 0 Å². The second-order valence-corrected chi connectivity index (χ2v) is 11.0. The van der Waals surface area contributed by atoms with Gasteiger partial charge in [0, 0.05) is 0 Å². The normalized spacial score (nSPS) is 31.0. The molecule has 1 aliphatic carbocycles. The van der Waals surface area contributed by atoms with Gasteiger partial charge in [0.1, 0.15) is 11.7 Å². The molecule has 0 aromatic heterocycles. The van der Waals surface area contributed by atoms with Gasteiger partial charge in [-0.3, -0.25) is 0 Å². The summed E-state index contributed by atoms with van der Waals surface area (Å²) in [5.41, 5.74) is -0.204. The summed E-state index contributed by atoms with van der Waals surface area (Å²) in [4.78, 5) is 11.9. The van der Waals surface area contributed by atoms with E-state index in [1.165, 1.54) is 0 Å². The summed E-state index contributed by atoms with van der Waals surface area (Å²) >= 11 is 0. The van der Waals surface area contributed by atoms with Crippen LogP contribution in [0.25, 0.3) is 6.08 Å². The quantitative estimate of drug-likeness (QED) is 0.574. The van der Waals surface area contributed by atoms with Crippen LogP contribution in [-0.4, -0.2) is 38.1 Å². The summed E-state index contributed by atoms with van der Waals surface area (Å²) in [5.74, 6) is -0.0000267. The fourth-order valence-corrected chi connectivity index (χ4v) is 6.34. The lowest BCUT2D eigenvalue weighted by atomic mass is 9.71. The third kappa shape index (κ3) is 4.93. The average molecular weight is 443 g/mol. The van der Waals surface area contributed by atoms with Crippen molar-refractivity contribution in [2.75, 3.05) is 12.4 Å². The smallest absolute Gasteiger partial charge is 0.181 e. The van der Waals surface area contributed by atoms with Gasteiger partial charge >= 0.3 is 0 Å². The van der Waals surface area contributed by atoms with E-state index in [0.29, 0.717) is 11.5 Å². The number of rotatable bonds is 7. The van der Waals surface area contributed by atoms with Crippen LogP contribution in [0.3, 0.4) is 0 Å². The number of sulfone groups is 1. The molecule has 0 spiro atoms. The Hall–Kier alpha value is -1.99. The maximum atomic E-state index is 12.9. The summed E-state index contributed by atoms with van der Waals surface area (Å²) in [6.07, 6.45) is 6.18. The van der Waals surface area contributed by atoms with E-state index >= 15 is 0 Å². The molecule has 0 amide bonds. The highest BCUT2D eigenvalue weighted by atomic mass is 32.2. The first kappa shape index (κ1) is 22.2. The standard InChI is InChI=1S/C25H30O5S/c1-24(28-17-9-12-20-10-5-3-6-11-20)16-15-21-18-23(24)29-30-25(21,2)19-31(26,27)22-13-7-4-8-14-22/h3-14,21,23H,15-19H2,1-2H3/b12-9+/t21-,23-,24-,25+/m1/s1. The zero-order chi connectivity index (χ0) is 22.0. The molecule has 31 heavy (non-hydrogen) atoms. The molecule has 2 fully saturated rings. The Morgan fingerprint density at radius 2 is 1.74 bits per heavy atom. The van der Waals surface area contributed by atoms with E-state index in [1.54, 1.807) is 24.3 Å². The van der Waals surface area contributed by atoms with E-state index in [-0.39, 0.29) is 17.8 Å². The van der Waals surface area contributed by atoms with Crippen molar-refractivity contribution in [1.29, 1.82) is 0 Å². The Labute approximate surface area is 184 Å². The van der Waals surface area contributed by atoms with Crippen LogP contribution in [0, 0.1) is 5.92 Å². The van der Waals surface area contributed by atoms with Crippen LogP contribution in [0.4, 0.5) is 0 Å². The molecule has 6 heteroatoms. The SMILES string of the molecule is C[C@@]1(OC/C=C/c2ccccc2)CC[C@@H]2C[C@H]1OO[C@@]2(C)CS(=O)(=O)c1ccccc1. The van der Waals surface area contributed by atoms with E-state index in [2.05, 4.69) is 6.92 Å². The minimum Gasteiger partial charge on any atom is -0.368 e. The Bertz CT molecular complexity index is 1000. The Balaban J connectivity index is 1.37. The molecule has 1 saturated carbocycles. The zero-order valence-corrected chi connectivity index (χ0v) is 18.9. The van der Waals surface area contributed by atoms with Gasteiger partial charge in [-0.05, 0) is 56.7 Å². The van der Waals surface area contributed by atoms with E-state index in [9.17, 15) is 8.42 Å². The topological polar surface area (TPSA) is 61.8 Å². The van der Waals surface area contributed by atoms with Crippen molar-refractivity contribution in [2.45, 2.75) is 55.3 Å². The molecule has 166 valence electrons. The Morgan fingerprint density at radius 1 is 1.06 bits per heavy atom. The highest BCUT2D eigenvalue weighted by Gasteiger charge is 2.54. The first-order valence-corrected chi connectivity index (χ1v) is 12.4. The monoisotopic (exact) mass is 442 g/mol. The average Bonchev–Trinajstić information content (AvgIpc) is 2.77. The van der Waals surface area contributed by atoms with E-state index < -0.39 is 21.0 Å². The lowest BCUT2D eigenvalue weighted by Gasteiger charge is -2.52. The summed E-state index contributed by atoms with van der Waals surface area (Å²) in [6.45, 7) is 4.38. The van der Waals surface area contributed by atoms with Crippen molar-refractivity contribution >= 4 is 15.9 Å². The van der Waals surface area contributed by atoms with Gasteiger partial charge in [0.05, 0.1) is 22.9 Å². The van der Waals surface area contributed by atoms with Crippen LogP contribution in [0.2, 0.25) is 0 Å². The van der Waals surface area contributed by atoms with Gasteiger partial charge in [0.25, 0.3) is 0 Å². The third-order valence-corrected chi connectivity index (χ3v) is 8.53. The zero-order valence-electron chi connectivity index (χ0n) is 18.1. The lowest BCUT2D eigenvalue weighted by Crippen LogP contribution is -2.59. The van der Waals surface area contributed by atoms with E-state index in [1.807, 2.05) is 55.5 Å². The van der Waals surface area contributed by atoms with Crippen LogP contribution < -0.4 is 0 Å². The maximum absolute atomic E-state index is 12.9. The van der Waals surface area contributed by atoms with E-state index in [0.717, 1.165) is 24.8 Å². The largest absolute Gasteiger partial charge is 0.368 e. The minimum atomic E-state index is -3.47. The maximum Gasteiger partial charge on any atom is 0.181 e. The fraction of sp³-hybridized carbons (Fsp3) is 0.440. The predicted molar refractivity (Wildman–Crippen MR) is 120 cm³/mol. The Kier molecular flexibility index (Phi) is 6.35. The summed E-state index contributed by atoms with van der Waals surface area (Å²) in [7, 11) is -3.47. The third-order valence-electron chi connectivity index (χ3n) is 6.59. The minimum absolute atomic E-state index is 0.0984. The van der Waals surface area contributed by atoms with Crippen LogP contribution in [-0.2, 0) is 24.3 Å². The molecule has 2 aliphatic rings. The summed E-state index contributed by atoms with van der Waals surface area (Å²) in [5, 5.41) is 0. The number of ether oxygens (including phenoxy) is 1. The lowest BCUT2D eigenvalue weighted by molar-refractivity contribution is -0.443. The molecule has 1 aliphatic heterocycles. The van der Waals surface area contributed by atoms with E-state index in [4.69, 9.17) is 14.5 Å². The predicted octanol–water partition coefficient (Wildman–Crippen LogP) is 4.84. The molecule has 0 radical (unpaired) electrons. The van der Waals surface area contributed by atoms with Crippen molar-refractivity contribution in [3.05, 3.63) is 72.3 Å².